The number of thiazole rings is 1. The van der Waals surface area contributed by atoms with Crippen LogP contribution in [0.4, 0.5) is 5.69 Å². The van der Waals surface area contributed by atoms with Crippen molar-refractivity contribution >= 4 is 17.0 Å². The van der Waals surface area contributed by atoms with E-state index in [2.05, 4.69) is 64.6 Å². The van der Waals surface area contributed by atoms with Crippen molar-refractivity contribution in [3.8, 4) is 16.3 Å². The van der Waals surface area contributed by atoms with Crippen molar-refractivity contribution in [1.29, 1.82) is 0 Å². The second kappa shape index (κ2) is 9.42. The first-order valence-electron chi connectivity index (χ1n) is 10.4. The van der Waals surface area contributed by atoms with Gasteiger partial charge >= 0.3 is 0 Å². The number of methoxy groups -OCH3 is 1. The van der Waals surface area contributed by atoms with E-state index in [-0.39, 0.29) is 0 Å². The number of hydrogen-bond acceptors (Lipinski definition) is 5. The van der Waals surface area contributed by atoms with Crippen LogP contribution in [0.5, 0.6) is 5.75 Å². The quantitative estimate of drug-likeness (QED) is 0.569. The van der Waals surface area contributed by atoms with Crippen LogP contribution in [0.1, 0.15) is 24.6 Å². The molecule has 3 aromatic rings. The number of nitrogens with zero attached hydrogens (tertiary/aromatic N) is 3. The fraction of sp³-hybridized carbons (Fsp3) is 0.375. The Kier molecular flexibility index (Phi) is 6.47. The lowest BCUT2D eigenvalue weighted by Crippen LogP contribution is -2.30. The molecule has 1 fully saturated rings. The second-order valence-corrected chi connectivity index (χ2v) is 8.34. The summed E-state index contributed by atoms with van der Waals surface area (Å²) in [5, 5.41) is 3.32. The number of benzene rings is 2. The predicted molar refractivity (Wildman–Crippen MR) is 122 cm³/mol. The summed E-state index contributed by atoms with van der Waals surface area (Å²) < 4.78 is 5.64. The molecule has 2 heterocycles. The van der Waals surface area contributed by atoms with Gasteiger partial charge in [0.25, 0.3) is 0 Å². The highest BCUT2D eigenvalue weighted by atomic mass is 32.1. The van der Waals surface area contributed by atoms with E-state index in [1.54, 1.807) is 18.4 Å². The van der Waals surface area contributed by atoms with E-state index in [9.17, 15) is 0 Å². The number of rotatable bonds is 6. The molecular formula is C24H29N3OS. The molecule has 0 aliphatic carbocycles. The molecule has 0 bridgehead atoms. The van der Waals surface area contributed by atoms with E-state index in [0.717, 1.165) is 56.3 Å². The Morgan fingerprint density at radius 1 is 1.03 bits per heavy atom. The highest BCUT2D eigenvalue weighted by molar-refractivity contribution is 7.13. The maximum absolute atomic E-state index is 5.64. The van der Waals surface area contributed by atoms with E-state index in [0.29, 0.717) is 0 Å². The van der Waals surface area contributed by atoms with E-state index in [4.69, 9.17) is 9.72 Å². The van der Waals surface area contributed by atoms with Crippen LogP contribution in [-0.2, 0) is 13.0 Å². The number of aromatic nitrogens is 1. The summed E-state index contributed by atoms with van der Waals surface area (Å²) >= 11 is 1.74. The first-order valence-corrected chi connectivity index (χ1v) is 11.3. The number of aryl methyl sites for hydroxylation is 1. The normalized spacial score (nSPS) is 15.3. The zero-order chi connectivity index (χ0) is 20.1. The minimum Gasteiger partial charge on any atom is -0.495 e. The molecule has 1 aliphatic heterocycles. The fourth-order valence-corrected chi connectivity index (χ4v) is 4.71. The molecule has 0 radical (unpaired) electrons. The van der Waals surface area contributed by atoms with Gasteiger partial charge in [0, 0.05) is 43.7 Å². The summed E-state index contributed by atoms with van der Waals surface area (Å²) in [4.78, 5) is 9.88. The van der Waals surface area contributed by atoms with Crippen LogP contribution < -0.4 is 9.64 Å². The monoisotopic (exact) mass is 407 g/mol. The molecule has 29 heavy (non-hydrogen) atoms. The average molecular weight is 408 g/mol. The molecule has 4 nitrogen and oxygen atoms in total. The minimum absolute atomic E-state index is 0.920. The molecule has 0 saturated carbocycles. The topological polar surface area (TPSA) is 28.6 Å². The van der Waals surface area contributed by atoms with Crippen LogP contribution in [0.3, 0.4) is 0 Å². The molecular weight excluding hydrogens is 378 g/mol. The van der Waals surface area contributed by atoms with Crippen molar-refractivity contribution in [3.63, 3.8) is 0 Å². The molecule has 0 unspecified atom stereocenters. The highest BCUT2D eigenvalue weighted by Crippen LogP contribution is 2.31. The maximum atomic E-state index is 5.64. The zero-order valence-electron chi connectivity index (χ0n) is 17.3. The Balaban J connectivity index is 1.42. The molecule has 4 rings (SSSR count). The van der Waals surface area contributed by atoms with Crippen LogP contribution in [-0.4, -0.2) is 43.2 Å². The molecule has 5 heteroatoms. The molecule has 1 saturated heterocycles. The van der Waals surface area contributed by atoms with E-state index >= 15 is 0 Å². The van der Waals surface area contributed by atoms with Gasteiger partial charge in [0.1, 0.15) is 10.8 Å². The molecule has 1 aliphatic rings. The number of hydrogen-bond donors (Lipinski definition) is 0. The summed E-state index contributed by atoms with van der Waals surface area (Å²) in [5.41, 5.74) is 4.97. The summed E-state index contributed by atoms with van der Waals surface area (Å²) in [6.45, 7) is 7.34. The van der Waals surface area contributed by atoms with Gasteiger partial charge in [0.05, 0.1) is 18.5 Å². The van der Waals surface area contributed by atoms with Crippen LogP contribution in [0.25, 0.3) is 10.6 Å². The van der Waals surface area contributed by atoms with E-state index in [1.807, 2.05) is 6.07 Å². The first kappa shape index (κ1) is 19.9. The molecule has 2 aromatic carbocycles. The van der Waals surface area contributed by atoms with Crippen molar-refractivity contribution in [2.75, 3.05) is 38.2 Å². The number of ether oxygens (including phenoxy) is 1. The zero-order valence-corrected chi connectivity index (χ0v) is 18.1. The van der Waals surface area contributed by atoms with Crippen molar-refractivity contribution < 1.29 is 4.74 Å². The summed E-state index contributed by atoms with van der Waals surface area (Å²) in [6, 6.07) is 17.0. The molecule has 0 atom stereocenters. The molecule has 0 spiro atoms. The van der Waals surface area contributed by atoms with Gasteiger partial charge in [-0.15, -0.1) is 11.3 Å². The molecule has 0 N–H and O–H groups in total. The van der Waals surface area contributed by atoms with Gasteiger partial charge in [-0.2, -0.15) is 0 Å². The molecule has 152 valence electrons. The Labute approximate surface area is 177 Å². The third-order valence-corrected chi connectivity index (χ3v) is 6.48. The maximum Gasteiger partial charge on any atom is 0.142 e. The fourth-order valence-electron chi connectivity index (χ4n) is 3.89. The lowest BCUT2D eigenvalue weighted by atomic mass is 10.1. The van der Waals surface area contributed by atoms with Crippen molar-refractivity contribution in [3.05, 3.63) is 65.2 Å². The minimum atomic E-state index is 0.920. The van der Waals surface area contributed by atoms with Gasteiger partial charge in [-0.3, -0.25) is 4.90 Å². The number of anilines is 1. The summed E-state index contributed by atoms with van der Waals surface area (Å²) in [5.74, 6) is 0.975. The van der Waals surface area contributed by atoms with Gasteiger partial charge in [-0.25, -0.2) is 4.98 Å². The average Bonchev–Trinajstić information content (AvgIpc) is 3.12. The van der Waals surface area contributed by atoms with Crippen molar-refractivity contribution in [1.82, 2.24) is 9.88 Å². The summed E-state index contributed by atoms with van der Waals surface area (Å²) in [6.07, 6.45) is 2.19. The van der Waals surface area contributed by atoms with Crippen LogP contribution >= 0.6 is 11.3 Å². The first-order chi connectivity index (χ1) is 14.3. The standard InChI is InChI=1S/C24H29N3OS/c1-3-19-10-11-23(28-2)22(16-19)27-13-7-12-26(14-15-27)17-21-18-29-24(25-21)20-8-5-4-6-9-20/h4-6,8-11,16,18H,3,7,12-15,17H2,1-2H3. The Morgan fingerprint density at radius 2 is 1.90 bits per heavy atom. The molecule has 0 amide bonds. The van der Waals surface area contributed by atoms with Gasteiger partial charge in [0.15, 0.2) is 0 Å². The van der Waals surface area contributed by atoms with E-state index < -0.39 is 0 Å². The van der Waals surface area contributed by atoms with Gasteiger partial charge < -0.3 is 9.64 Å². The Hall–Kier alpha value is -2.37. The second-order valence-electron chi connectivity index (χ2n) is 7.49. The van der Waals surface area contributed by atoms with Gasteiger partial charge in [0.2, 0.25) is 0 Å². The lowest BCUT2D eigenvalue weighted by Gasteiger charge is -2.25. The van der Waals surface area contributed by atoms with E-state index in [1.165, 1.54) is 22.5 Å². The van der Waals surface area contributed by atoms with Crippen molar-refractivity contribution in [2.45, 2.75) is 26.3 Å². The smallest absolute Gasteiger partial charge is 0.142 e. The van der Waals surface area contributed by atoms with Crippen LogP contribution in [0, 0.1) is 0 Å². The Bertz CT molecular complexity index is 925. The lowest BCUT2D eigenvalue weighted by molar-refractivity contribution is 0.282. The highest BCUT2D eigenvalue weighted by Gasteiger charge is 2.19. The predicted octanol–water partition coefficient (Wildman–Crippen LogP) is 5.09. The van der Waals surface area contributed by atoms with Gasteiger partial charge in [-0.05, 0) is 30.5 Å². The van der Waals surface area contributed by atoms with Crippen molar-refractivity contribution in [2.24, 2.45) is 0 Å². The van der Waals surface area contributed by atoms with Crippen LogP contribution in [0.15, 0.2) is 53.9 Å². The summed E-state index contributed by atoms with van der Waals surface area (Å²) in [7, 11) is 1.77. The SMILES string of the molecule is CCc1ccc(OC)c(N2CCCN(Cc3csc(-c4ccccc4)n3)CC2)c1. The van der Waals surface area contributed by atoms with Gasteiger partial charge in [-0.1, -0.05) is 43.3 Å². The Morgan fingerprint density at radius 3 is 2.69 bits per heavy atom. The largest absolute Gasteiger partial charge is 0.495 e. The van der Waals surface area contributed by atoms with Crippen LogP contribution in [0.2, 0.25) is 0 Å². The third-order valence-electron chi connectivity index (χ3n) is 5.54. The third kappa shape index (κ3) is 4.80. The molecule has 1 aromatic heterocycles.